The maximum atomic E-state index is 13.2. The fourth-order valence-corrected chi connectivity index (χ4v) is 5.51. The highest BCUT2D eigenvalue weighted by Crippen LogP contribution is 2.46. The van der Waals surface area contributed by atoms with Gasteiger partial charge in [0, 0.05) is 19.3 Å². The summed E-state index contributed by atoms with van der Waals surface area (Å²) in [6.45, 7) is 6.64. The summed E-state index contributed by atoms with van der Waals surface area (Å²) in [5.74, 6) is -0.385. The van der Waals surface area contributed by atoms with Crippen molar-refractivity contribution in [2.24, 2.45) is 4.99 Å². The minimum atomic E-state index is -0.404. The number of fused-ring (bicyclic) bond motifs is 1. The first kappa shape index (κ1) is 24.8. The maximum absolute atomic E-state index is 13.2. The van der Waals surface area contributed by atoms with E-state index in [-0.39, 0.29) is 12.3 Å². The third-order valence-corrected chi connectivity index (χ3v) is 7.26. The number of allylic oxidation sites excluding steroid dienone is 1. The Bertz CT molecular complexity index is 1230. The van der Waals surface area contributed by atoms with Crippen LogP contribution in [0.1, 0.15) is 48.1 Å². The molecule has 2 aliphatic rings. The van der Waals surface area contributed by atoms with E-state index in [2.05, 4.69) is 32.0 Å². The molecule has 1 amide bonds. The molecule has 0 saturated carbocycles. The zero-order valence-electron chi connectivity index (χ0n) is 20.9. The number of thioether (sulfide) groups is 1. The van der Waals surface area contributed by atoms with Crippen LogP contribution in [0.2, 0.25) is 0 Å². The van der Waals surface area contributed by atoms with Crippen molar-refractivity contribution in [1.82, 2.24) is 9.80 Å². The SMILES string of the molecule is CCC1=C(C(=O)OC)[C@H](c2ccc(C)cc2C)N2C(CC(=O)N(C)Cc3ccccc3)=CSC2=N1. The highest BCUT2D eigenvalue weighted by Gasteiger charge is 2.42. The molecule has 0 bridgehead atoms. The second-order valence-electron chi connectivity index (χ2n) is 8.87. The van der Waals surface area contributed by atoms with Crippen molar-refractivity contribution in [3.05, 3.63) is 93.2 Å². The van der Waals surface area contributed by atoms with Crippen molar-refractivity contribution in [3.63, 3.8) is 0 Å². The van der Waals surface area contributed by atoms with Gasteiger partial charge in [-0.15, -0.1) is 0 Å². The van der Waals surface area contributed by atoms with Crippen molar-refractivity contribution in [1.29, 1.82) is 0 Å². The molecule has 6 nitrogen and oxygen atoms in total. The standard InChI is InChI=1S/C28H31N3O3S/c1-6-23-25(27(33)34-5)26(22-13-12-18(2)14-19(22)3)31-21(17-35-28(31)29-23)15-24(32)30(4)16-20-10-8-7-9-11-20/h7-14,17,26H,6,15-16H2,1-5H3/t26-/m0/s1. The van der Waals surface area contributed by atoms with E-state index in [4.69, 9.17) is 9.73 Å². The fraction of sp³-hybridized carbons (Fsp3) is 0.321. The van der Waals surface area contributed by atoms with Crippen molar-refractivity contribution in [3.8, 4) is 0 Å². The first-order chi connectivity index (χ1) is 16.8. The Kier molecular flexibility index (Phi) is 7.45. The van der Waals surface area contributed by atoms with Crippen molar-refractivity contribution in [2.75, 3.05) is 14.2 Å². The topological polar surface area (TPSA) is 62.2 Å². The number of nitrogens with zero attached hydrogens (tertiary/aromatic N) is 3. The zero-order chi connectivity index (χ0) is 25.1. The quantitative estimate of drug-likeness (QED) is 0.481. The van der Waals surface area contributed by atoms with Crippen molar-refractivity contribution in [2.45, 2.75) is 46.2 Å². The van der Waals surface area contributed by atoms with Gasteiger partial charge in [-0.25, -0.2) is 9.79 Å². The van der Waals surface area contributed by atoms with Crippen LogP contribution in [-0.4, -0.2) is 41.0 Å². The van der Waals surface area contributed by atoms with Gasteiger partial charge in [0.1, 0.15) is 0 Å². The number of hydrogen-bond acceptors (Lipinski definition) is 6. The van der Waals surface area contributed by atoms with Gasteiger partial charge < -0.3 is 14.5 Å². The molecule has 0 unspecified atom stereocenters. The van der Waals surface area contributed by atoms with E-state index in [1.807, 2.05) is 54.6 Å². The fourth-order valence-electron chi connectivity index (χ4n) is 4.57. The third-order valence-electron chi connectivity index (χ3n) is 6.37. The van der Waals surface area contributed by atoms with Crippen LogP contribution in [0.5, 0.6) is 0 Å². The second kappa shape index (κ2) is 10.5. The highest BCUT2D eigenvalue weighted by atomic mass is 32.2. The van der Waals surface area contributed by atoms with Crippen LogP contribution in [0.4, 0.5) is 0 Å². The summed E-state index contributed by atoms with van der Waals surface area (Å²) >= 11 is 1.50. The minimum absolute atomic E-state index is 0.00576. The number of carbonyl (C=O) groups is 2. The predicted molar refractivity (Wildman–Crippen MR) is 140 cm³/mol. The molecule has 4 rings (SSSR count). The molecule has 0 fully saturated rings. The summed E-state index contributed by atoms with van der Waals surface area (Å²) in [6.07, 6.45) is 0.824. The van der Waals surface area contributed by atoms with Crippen molar-refractivity contribution < 1.29 is 14.3 Å². The zero-order valence-corrected chi connectivity index (χ0v) is 21.7. The number of carbonyl (C=O) groups excluding carboxylic acids is 2. The number of hydrogen-bond donors (Lipinski definition) is 0. The van der Waals surface area contributed by atoms with E-state index in [1.54, 1.807) is 4.90 Å². The number of amides is 1. The third kappa shape index (κ3) is 5.05. The molecule has 1 atom stereocenters. The number of ether oxygens (including phenoxy) is 1. The number of benzene rings is 2. The number of esters is 1. The summed E-state index contributed by atoms with van der Waals surface area (Å²) in [5, 5.41) is 2.77. The first-order valence-corrected chi connectivity index (χ1v) is 12.6. The molecule has 0 saturated heterocycles. The summed E-state index contributed by atoms with van der Waals surface area (Å²) in [7, 11) is 3.22. The lowest BCUT2D eigenvalue weighted by atomic mass is 9.89. The second-order valence-corrected chi connectivity index (χ2v) is 9.71. The number of methoxy groups -OCH3 is 1. The van der Waals surface area contributed by atoms with E-state index in [1.165, 1.54) is 18.9 Å². The summed E-state index contributed by atoms with van der Waals surface area (Å²) in [5.41, 5.74) is 6.41. The number of aliphatic imine (C=N–C) groups is 1. The van der Waals surface area contributed by atoms with Crippen LogP contribution in [0.25, 0.3) is 0 Å². The molecule has 35 heavy (non-hydrogen) atoms. The molecule has 0 aliphatic carbocycles. The van der Waals surface area contributed by atoms with Crippen LogP contribution in [0, 0.1) is 13.8 Å². The Morgan fingerprint density at radius 1 is 1.14 bits per heavy atom. The van der Waals surface area contributed by atoms with Gasteiger partial charge in [0.15, 0.2) is 5.17 Å². The Labute approximate surface area is 211 Å². The lowest BCUT2D eigenvalue weighted by Crippen LogP contribution is -2.38. The van der Waals surface area contributed by atoms with Gasteiger partial charge in [-0.05, 0) is 42.4 Å². The Balaban J connectivity index is 1.69. The molecule has 0 aromatic heterocycles. The van der Waals surface area contributed by atoms with E-state index < -0.39 is 12.0 Å². The molecule has 2 aliphatic heterocycles. The van der Waals surface area contributed by atoms with Crippen molar-refractivity contribution >= 4 is 28.8 Å². The molecule has 2 aromatic rings. The van der Waals surface area contributed by atoms with Gasteiger partial charge in [0.25, 0.3) is 0 Å². The molecular weight excluding hydrogens is 458 g/mol. The van der Waals surface area contributed by atoms with E-state index in [9.17, 15) is 9.59 Å². The number of rotatable bonds is 7. The molecule has 0 spiro atoms. The summed E-state index contributed by atoms with van der Waals surface area (Å²) in [4.78, 5) is 34.9. The Morgan fingerprint density at radius 3 is 2.54 bits per heavy atom. The molecule has 7 heteroatoms. The van der Waals surface area contributed by atoms with Crippen LogP contribution in [-0.2, 0) is 20.9 Å². The van der Waals surface area contributed by atoms with Gasteiger partial charge >= 0.3 is 5.97 Å². The molecule has 2 aromatic carbocycles. The van der Waals surface area contributed by atoms with Gasteiger partial charge in [-0.3, -0.25) is 4.79 Å². The minimum Gasteiger partial charge on any atom is -0.466 e. The predicted octanol–water partition coefficient (Wildman–Crippen LogP) is 5.49. The maximum Gasteiger partial charge on any atom is 0.338 e. The lowest BCUT2D eigenvalue weighted by Gasteiger charge is -2.37. The largest absolute Gasteiger partial charge is 0.466 e. The molecular formula is C28H31N3O3S. The van der Waals surface area contributed by atoms with E-state index in [0.717, 1.165) is 38.8 Å². The van der Waals surface area contributed by atoms with Crippen LogP contribution in [0.15, 0.2) is 75.9 Å². The van der Waals surface area contributed by atoms with E-state index in [0.29, 0.717) is 18.5 Å². The van der Waals surface area contributed by atoms with Crippen LogP contribution < -0.4 is 0 Å². The molecule has 182 valence electrons. The van der Waals surface area contributed by atoms with Gasteiger partial charge in [-0.2, -0.15) is 0 Å². The smallest absolute Gasteiger partial charge is 0.338 e. The lowest BCUT2D eigenvalue weighted by molar-refractivity contribution is -0.136. The Hall–Kier alpha value is -3.32. The monoisotopic (exact) mass is 489 g/mol. The number of amidine groups is 1. The van der Waals surface area contributed by atoms with Gasteiger partial charge in [0.05, 0.1) is 30.8 Å². The summed E-state index contributed by atoms with van der Waals surface area (Å²) < 4.78 is 5.21. The average molecular weight is 490 g/mol. The normalized spacial score (nSPS) is 17.1. The average Bonchev–Trinajstić information content (AvgIpc) is 3.25. The number of aryl methyl sites for hydroxylation is 2. The molecule has 2 heterocycles. The van der Waals surface area contributed by atoms with Gasteiger partial charge in [-0.1, -0.05) is 72.8 Å². The first-order valence-electron chi connectivity index (χ1n) is 11.7. The van der Waals surface area contributed by atoms with Gasteiger partial charge in [0.2, 0.25) is 5.91 Å². The Morgan fingerprint density at radius 2 is 1.89 bits per heavy atom. The van der Waals surface area contributed by atoms with E-state index >= 15 is 0 Å². The van der Waals surface area contributed by atoms with Crippen LogP contribution >= 0.6 is 11.8 Å². The highest BCUT2D eigenvalue weighted by molar-refractivity contribution is 8.16. The van der Waals surface area contributed by atoms with Crippen LogP contribution in [0.3, 0.4) is 0 Å². The molecule has 0 radical (unpaired) electrons. The molecule has 0 N–H and O–H groups in total. The summed E-state index contributed by atoms with van der Waals surface area (Å²) in [6, 6.07) is 15.8.